The fraction of sp³-hybridized carbons (Fsp3) is 0.692. The molecule has 0 saturated carbocycles. The van der Waals surface area contributed by atoms with E-state index in [1.807, 2.05) is 6.07 Å². The van der Waals surface area contributed by atoms with E-state index in [4.69, 9.17) is 11.6 Å². The van der Waals surface area contributed by atoms with E-state index in [1.165, 1.54) is 30.7 Å². The Morgan fingerprint density at radius 1 is 1.59 bits per heavy atom. The molecule has 2 N–H and O–H groups in total. The van der Waals surface area contributed by atoms with Gasteiger partial charge in [0.25, 0.3) is 0 Å². The summed E-state index contributed by atoms with van der Waals surface area (Å²) in [5, 5.41) is 7.13. The van der Waals surface area contributed by atoms with E-state index < -0.39 is 0 Å². The van der Waals surface area contributed by atoms with Gasteiger partial charge in [0.2, 0.25) is 0 Å². The van der Waals surface area contributed by atoms with Crippen molar-refractivity contribution in [3.63, 3.8) is 0 Å². The zero-order chi connectivity index (χ0) is 12.1. The summed E-state index contributed by atoms with van der Waals surface area (Å²) in [7, 11) is 0. The Balaban J connectivity index is 1.60. The number of thiophene rings is 1. The maximum absolute atomic E-state index is 5.91. The number of halogens is 1. The van der Waals surface area contributed by atoms with E-state index in [0.717, 1.165) is 23.3 Å². The minimum atomic E-state index is 0.598. The van der Waals surface area contributed by atoms with Crippen molar-refractivity contribution in [3.8, 4) is 0 Å². The van der Waals surface area contributed by atoms with Crippen LogP contribution in [0.25, 0.3) is 0 Å². The Kier molecular flexibility index (Phi) is 5.29. The van der Waals surface area contributed by atoms with Gasteiger partial charge in [0.1, 0.15) is 0 Å². The first-order valence-corrected chi connectivity index (χ1v) is 7.64. The van der Waals surface area contributed by atoms with Crippen molar-refractivity contribution < 1.29 is 0 Å². The van der Waals surface area contributed by atoms with E-state index in [-0.39, 0.29) is 0 Å². The van der Waals surface area contributed by atoms with Crippen molar-refractivity contribution in [2.75, 3.05) is 13.1 Å². The van der Waals surface area contributed by atoms with Gasteiger partial charge < -0.3 is 10.6 Å². The molecule has 0 aromatic carbocycles. The summed E-state index contributed by atoms with van der Waals surface area (Å²) in [5.41, 5.74) is 0. The first-order chi connectivity index (χ1) is 8.24. The van der Waals surface area contributed by atoms with Crippen LogP contribution >= 0.6 is 22.9 Å². The van der Waals surface area contributed by atoms with Gasteiger partial charge in [-0.05, 0) is 51.3 Å². The van der Waals surface area contributed by atoms with Crippen LogP contribution in [-0.4, -0.2) is 25.2 Å². The summed E-state index contributed by atoms with van der Waals surface area (Å²) >= 11 is 7.59. The second-order valence-electron chi connectivity index (χ2n) is 4.84. The molecule has 0 spiro atoms. The van der Waals surface area contributed by atoms with E-state index in [9.17, 15) is 0 Å². The van der Waals surface area contributed by atoms with Crippen LogP contribution in [0.2, 0.25) is 4.34 Å². The van der Waals surface area contributed by atoms with Gasteiger partial charge in [-0.25, -0.2) is 0 Å². The van der Waals surface area contributed by atoms with Gasteiger partial charge in [-0.15, -0.1) is 11.3 Å². The molecular weight excluding hydrogens is 252 g/mol. The van der Waals surface area contributed by atoms with Gasteiger partial charge in [-0.3, -0.25) is 0 Å². The standard InChI is InChI=1S/C13H21ClN2S/c1-10(9-11-3-2-7-16-11)15-8-6-12-4-5-13(14)17-12/h4-5,10-11,15-16H,2-3,6-9H2,1H3. The number of nitrogens with one attached hydrogen (secondary N) is 2. The lowest BCUT2D eigenvalue weighted by Gasteiger charge is -2.18. The SMILES string of the molecule is CC(CC1CCCN1)NCCc1ccc(Cl)s1. The summed E-state index contributed by atoms with van der Waals surface area (Å²) in [6, 6.07) is 5.43. The topological polar surface area (TPSA) is 24.1 Å². The molecule has 96 valence electrons. The van der Waals surface area contributed by atoms with Gasteiger partial charge in [0.15, 0.2) is 0 Å². The Morgan fingerprint density at radius 2 is 2.47 bits per heavy atom. The van der Waals surface area contributed by atoms with E-state index in [1.54, 1.807) is 11.3 Å². The summed E-state index contributed by atoms with van der Waals surface area (Å²) in [4.78, 5) is 1.37. The van der Waals surface area contributed by atoms with Crippen molar-refractivity contribution in [2.45, 2.75) is 44.7 Å². The van der Waals surface area contributed by atoms with Gasteiger partial charge in [0, 0.05) is 23.5 Å². The van der Waals surface area contributed by atoms with Crippen molar-refractivity contribution in [1.82, 2.24) is 10.6 Å². The molecule has 1 aromatic heterocycles. The van der Waals surface area contributed by atoms with Crippen LogP contribution in [0.3, 0.4) is 0 Å². The highest BCUT2D eigenvalue weighted by molar-refractivity contribution is 7.16. The minimum Gasteiger partial charge on any atom is -0.314 e. The summed E-state index contributed by atoms with van der Waals surface area (Å²) < 4.78 is 0.892. The van der Waals surface area contributed by atoms with E-state index in [0.29, 0.717) is 6.04 Å². The predicted octanol–water partition coefficient (Wildman–Crippen LogP) is 3.06. The maximum atomic E-state index is 5.91. The first kappa shape index (κ1) is 13.3. The molecule has 0 radical (unpaired) electrons. The summed E-state index contributed by atoms with van der Waals surface area (Å²) in [5.74, 6) is 0. The third-order valence-electron chi connectivity index (χ3n) is 3.29. The molecule has 1 aliphatic rings. The lowest BCUT2D eigenvalue weighted by Crippen LogP contribution is -2.34. The molecular formula is C13H21ClN2S. The predicted molar refractivity (Wildman–Crippen MR) is 76.1 cm³/mol. The first-order valence-electron chi connectivity index (χ1n) is 6.45. The monoisotopic (exact) mass is 272 g/mol. The average Bonchev–Trinajstić information content (AvgIpc) is 2.90. The molecule has 2 atom stereocenters. The molecule has 1 saturated heterocycles. The molecule has 2 nitrogen and oxygen atoms in total. The Labute approximate surface area is 113 Å². The van der Waals surface area contributed by atoms with Crippen LogP contribution < -0.4 is 10.6 Å². The van der Waals surface area contributed by atoms with Crippen molar-refractivity contribution >= 4 is 22.9 Å². The molecule has 4 heteroatoms. The highest BCUT2D eigenvalue weighted by Crippen LogP contribution is 2.21. The van der Waals surface area contributed by atoms with E-state index >= 15 is 0 Å². The lowest BCUT2D eigenvalue weighted by atomic mass is 10.1. The molecule has 2 heterocycles. The van der Waals surface area contributed by atoms with Crippen LogP contribution in [0.1, 0.15) is 31.1 Å². The fourth-order valence-corrected chi connectivity index (χ4v) is 3.48. The van der Waals surface area contributed by atoms with Crippen molar-refractivity contribution in [3.05, 3.63) is 21.3 Å². The molecule has 0 aliphatic carbocycles. The zero-order valence-electron chi connectivity index (χ0n) is 10.3. The summed E-state index contributed by atoms with van der Waals surface area (Å²) in [6.45, 7) is 4.53. The molecule has 2 unspecified atom stereocenters. The molecule has 1 fully saturated rings. The van der Waals surface area contributed by atoms with Crippen LogP contribution in [0.5, 0.6) is 0 Å². The highest BCUT2D eigenvalue weighted by Gasteiger charge is 2.16. The lowest BCUT2D eigenvalue weighted by molar-refractivity contribution is 0.443. The van der Waals surface area contributed by atoms with Crippen LogP contribution in [0, 0.1) is 0 Å². The second kappa shape index (κ2) is 6.74. The molecule has 17 heavy (non-hydrogen) atoms. The smallest absolute Gasteiger partial charge is 0.0931 e. The maximum Gasteiger partial charge on any atom is 0.0931 e. The fourth-order valence-electron chi connectivity index (χ4n) is 2.40. The quantitative estimate of drug-likeness (QED) is 0.832. The average molecular weight is 273 g/mol. The molecule has 1 aliphatic heterocycles. The Morgan fingerprint density at radius 3 is 3.12 bits per heavy atom. The van der Waals surface area contributed by atoms with E-state index in [2.05, 4.69) is 23.6 Å². The number of hydrogen-bond donors (Lipinski definition) is 2. The second-order valence-corrected chi connectivity index (χ2v) is 6.64. The highest BCUT2D eigenvalue weighted by atomic mass is 35.5. The third kappa shape index (κ3) is 4.59. The molecule has 2 rings (SSSR count). The molecule has 1 aromatic rings. The van der Waals surface area contributed by atoms with Crippen LogP contribution in [0.15, 0.2) is 12.1 Å². The van der Waals surface area contributed by atoms with Crippen molar-refractivity contribution in [1.29, 1.82) is 0 Å². The van der Waals surface area contributed by atoms with Crippen LogP contribution in [0.4, 0.5) is 0 Å². The number of rotatable bonds is 6. The largest absolute Gasteiger partial charge is 0.314 e. The van der Waals surface area contributed by atoms with Gasteiger partial charge in [0.05, 0.1) is 4.34 Å². The third-order valence-corrected chi connectivity index (χ3v) is 4.58. The van der Waals surface area contributed by atoms with Gasteiger partial charge in [-0.2, -0.15) is 0 Å². The molecule has 0 amide bonds. The van der Waals surface area contributed by atoms with Gasteiger partial charge in [-0.1, -0.05) is 11.6 Å². The summed E-state index contributed by atoms with van der Waals surface area (Å²) in [6.07, 6.45) is 5.00. The number of hydrogen-bond acceptors (Lipinski definition) is 3. The van der Waals surface area contributed by atoms with Crippen molar-refractivity contribution in [2.24, 2.45) is 0 Å². The normalized spacial score (nSPS) is 21.9. The minimum absolute atomic E-state index is 0.598. The Hall–Kier alpha value is -0.0900. The Bertz CT molecular complexity index is 334. The molecule has 0 bridgehead atoms. The van der Waals surface area contributed by atoms with Gasteiger partial charge >= 0.3 is 0 Å². The zero-order valence-corrected chi connectivity index (χ0v) is 11.9. The van der Waals surface area contributed by atoms with Crippen LogP contribution in [-0.2, 0) is 6.42 Å².